The molecule has 13 heteroatoms. The van der Waals surface area contributed by atoms with E-state index in [1.165, 1.54) is 0 Å². The SMILES string of the molecule is CN1CCN([C@H](CCC(=O)O)C(=O)O)Cc2cccc(n2)CN([C@H](CCC(=O)O)C(=O)O)CC1.[Mn]. The minimum absolute atomic E-state index is 0. The molecular weight excluding hydrogens is 503 g/mol. The third-order valence-electron chi connectivity index (χ3n) is 5.85. The van der Waals surface area contributed by atoms with E-state index < -0.39 is 36.0 Å². The Morgan fingerprint density at radius 1 is 0.800 bits per heavy atom. The first-order valence-corrected chi connectivity index (χ1v) is 11.1. The van der Waals surface area contributed by atoms with Gasteiger partial charge in [0.05, 0.1) is 11.4 Å². The number of carboxylic acid groups (broad SMARTS) is 4. The van der Waals surface area contributed by atoms with Gasteiger partial charge in [-0.2, -0.15) is 0 Å². The van der Waals surface area contributed by atoms with Crippen molar-refractivity contribution in [2.75, 3.05) is 33.2 Å². The van der Waals surface area contributed by atoms with Gasteiger partial charge in [-0.05, 0) is 32.0 Å². The minimum atomic E-state index is -1.10. The van der Waals surface area contributed by atoms with E-state index in [4.69, 9.17) is 10.2 Å². The first-order chi connectivity index (χ1) is 16.1. The van der Waals surface area contributed by atoms with Crippen molar-refractivity contribution in [2.45, 2.75) is 50.9 Å². The van der Waals surface area contributed by atoms with E-state index in [2.05, 4.69) is 4.98 Å². The average Bonchev–Trinajstić information content (AvgIpc) is 2.74. The predicted octanol–water partition coefficient (Wildman–Crippen LogP) is 0.265. The van der Waals surface area contributed by atoms with Crippen LogP contribution in [0.3, 0.4) is 0 Å². The van der Waals surface area contributed by atoms with Crippen molar-refractivity contribution in [3.8, 4) is 0 Å². The molecule has 1 aliphatic heterocycles. The second-order valence-corrected chi connectivity index (χ2v) is 8.44. The molecule has 2 rings (SSSR count). The molecule has 12 nitrogen and oxygen atoms in total. The number of fused-ring (bicyclic) bond motifs is 2. The molecule has 1 aromatic heterocycles. The van der Waals surface area contributed by atoms with Gasteiger partial charge in [0.1, 0.15) is 12.1 Å². The molecule has 35 heavy (non-hydrogen) atoms. The molecule has 0 saturated heterocycles. The first kappa shape index (κ1) is 30.5. The Hall–Kier alpha value is -2.57. The molecule has 195 valence electrons. The van der Waals surface area contributed by atoms with Crippen molar-refractivity contribution in [1.29, 1.82) is 0 Å². The zero-order chi connectivity index (χ0) is 25.3. The molecule has 1 radical (unpaired) electrons. The standard InChI is InChI=1S/C22H32N4O8.Mn/c1-24-9-11-25(17(21(31)32)5-7-19(27)28)13-15-3-2-4-16(23-15)14-26(12-10-24)18(22(33)34)6-8-20(29)30;/h2-4,17-18H,5-14H2,1H3,(H,27,28)(H,29,30)(H,31,32)(H,33,34);/t17-,18-;/m1./s1. The van der Waals surface area contributed by atoms with E-state index >= 15 is 0 Å². The smallest absolute Gasteiger partial charge is 0.320 e. The van der Waals surface area contributed by atoms with Crippen molar-refractivity contribution in [1.82, 2.24) is 19.7 Å². The van der Waals surface area contributed by atoms with E-state index in [-0.39, 0.29) is 55.8 Å². The van der Waals surface area contributed by atoms with E-state index in [0.717, 1.165) is 0 Å². The second kappa shape index (κ2) is 14.7. The Kier molecular flexibility index (Phi) is 12.8. The molecule has 0 aliphatic carbocycles. The molecule has 0 saturated carbocycles. The Bertz CT molecular complexity index is 822. The quantitative estimate of drug-likeness (QED) is 0.302. The molecule has 0 spiro atoms. The molecule has 0 fully saturated rings. The van der Waals surface area contributed by atoms with Crippen molar-refractivity contribution < 1.29 is 56.7 Å². The van der Waals surface area contributed by atoms with Crippen molar-refractivity contribution >= 4 is 23.9 Å². The molecule has 2 atom stereocenters. The third-order valence-corrected chi connectivity index (χ3v) is 5.85. The van der Waals surface area contributed by atoms with Gasteiger partial charge in [-0.1, -0.05) is 6.07 Å². The van der Waals surface area contributed by atoms with Gasteiger partial charge in [0.25, 0.3) is 0 Å². The van der Waals surface area contributed by atoms with Crippen LogP contribution >= 0.6 is 0 Å². The van der Waals surface area contributed by atoms with Crippen LogP contribution in [0.2, 0.25) is 0 Å². The molecular formula is C22H32MnN4O8. The maximum absolute atomic E-state index is 11.9. The van der Waals surface area contributed by atoms with E-state index in [0.29, 0.717) is 37.6 Å². The molecule has 1 aromatic rings. The Morgan fingerprint density at radius 2 is 1.20 bits per heavy atom. The van der Waals surface area contributed by atoms with Gasteiger partial charge in [0.2, 0.25) is 0 Å². The zero-order valence-electron chi connectivity index (χ0n) is 19.5. The number of carbonyl (C=O) groups is 4. The number of hydrogen-bond acceptors (Lipinski definition) is 8. The number of pyridine rings is 1. The zero-order valence-corrected chi connectivity index (χ0v) is 20.7. The summed E-state index contributed by atoms with van der Waals surface area (Å²) in [5.41, 5.74) is 1.17. The van der Waals surface area contributed by atoms with Crippen LogP contribution in [0.4, 0.5) is 0 Å². The maximum atomic E-state index is 11.9. The largest absolute Gasteiger partial charge is 0.481 e. The molecule has 4 N–H and O–H groups in total. The first-order valence-electron chi connectivity index (χ1n) is 11.1. The van der Waals surface area contributed by atoms with Gasteiger partial charge in [-0.15, -0.1) is 0 Å². The molecule has 1 aliphatic rings. The summed E-state index contributed by atoms with van der Waals surface area (Å²) in [7, 11) is 1.83. The number of likely N-dealkylation sites (N-methyl/N-ethyl adjacent to an activating group) is 1. The number of aromatic nitrogens is 1. The fraction of sp³-hybridized carbons (Fsp3) is 0.591. The van der Waals surface area contributed by atoms with Crippen LogP contribution in [0, 0.1) is 0 Å². The summed E-state index contributed by atoms with van der Waals surface area (Å²) in [6, 6.07) is 3.27. The van der Waals surface area contributed by atoms with E-state index in [9.17, 15) is 29.4 Å². The van der Waals surface area contributed by atoms with E-state index in [1.54, 1.807) is 28.0 Å². The molecule has 2 bridgehead atoms. The van der Waals surface area contributed by atoms with Crippen LogP contribution in [0.25, 0.3) is 0 Å². The summed E-state index contributed by atoms with van der Waals surface area (Å²) >= 11 is 0. The number of nitrogens with zero attached hydrogens (tertiary/aromatic N) is 4. The van der Waals surface area contributed by atoms with Gasteiger partial charge in [-0.25, -0.2) is 0 Å². The van der Waals surface area contributed by atoms with Gasteiger partial charge in [0.15, 0.2) is 0 Å². The summed E-state index contributed by atoms with van der Waals surface area (Å²) < 4.78 is 0. The van der Waals surface area contributed by atoms with Gasteiger partial charge >= 0.3 is 23.9 Å². The van der Waals surface area contributed by atoms with Crippen LogP contribution in [-0.4, -0.2) is 109 Å². The summed E-state index contributed by atoms with van der Waals surface area (Å²) in [6.07, 6.45) is -0.602. The number of hydrogen-bond donors (Lipinski definition) is 4. The molecule has 0 unspecified atom stereocenters. The van der Waals surface area contributed by atoms with Crippen LogP contribution < -0.4 is 0 Å². The van der Waals surface area contributed by atoms with Gasteiger partial charge in [-0.3, -0.25) is 34.0 Å². The topological polar surface area (TPSA) is 172 Å². The van der Waals surface area contributed by atoms with Gasteiger partial charge in [0, 0.05) is 69.2 Å². The fourth-order valence-electron chi connectivity index (χ4n) is 3.97. The monoisotopic (exact) mass is 535 g/mol. The summed E-state index contributed by atoms with van der Waals surface area (Å²) in [4.78, 5) is 55.8. The number of aliphatic carboxylic acids is 4. The molecule has 0 amide bonds. The Balaban J connectivity index is 0.00000612. The van der Waals surface area contributed by atoms with Crippen molar-refractivity contribution in [2.24, 2.45) is 0 Å². The Morgan fingerprint density at radius 3 is 1.54 bits per heavy atom. The second-order valence-electron chi connectivity index (χ2n) is 8.44. The Labute approximate surface area is 214 Å². The number of carboxylic acids is 4. The van der Waals surface area contributed by atoms with Crippen LogP contribution in [0.1, 0.15) is 37.1 Å². The van der Waals surface area contributed by atoms with Crippen LogP contribution in [0.5, 0.6) is 0 Å². The van der Waals surface area contributed by atoms with Crippen molar-refractivity contribution in [3.63, 3.8) is 0 Å². The van der Waals surface area contributed by atoms with Crippen LogP contribution in [0.15, 0.2) is 18.2 Å². The maximum Gasteiger partial charge on any atom is 0.320 e. The van der Waals surface area contributed by atoms with Crippen LogP contribution in [-0.2, 0) is 49.3 Å². The van der Waals surface area contributed by atoms with E-state index in [1.807, 2.05) is 11.9 Å². The predicted molar refractivity (Wildman–Crippen MR) is 119 cm³/mol. The van der Waals surface area contributed by atoms with Crippen molar-refractivity contribution in [3.05, 3.63) is 29.6 Å². The fourth-order valence-corrected chi connectivity index (χ4v) is 3.97. The minimum Gasteiger partial charge on any atom is -0.481 e. The molecule has 2 heterocycles. The summed E-state index contributed by atoms with van der Waals surface area (Å²) in [5.74, 6) is -4.32. The number of rotatable bonds is 10. The summed E-state index contributed by atoms with van der Waals surface area (Å²) in [6.45, 7) is 2.02. The normalized spacial score (nSPS) is 17.7. The molecule has 0 aromatic carbocycles. The average molecular weight is 535 g/mol. The summed E-state index contributed by atoms with van der Waals surface area (Å²) in [5, 5.41) is 37.5. The van der Waals surface area contributed by atoms with Gasteiger partial charge < -0.3 is 25.3 Å². The third kappa shape index (κ3) is 10.3.